The number of anilines is 2. The molecule has 1 aliphatic heterocycles. The Balaban J connectivity index is 2.00. The van der Waals surface area contributed by atoms with E-state index in [0.717, 1.165) is 30.5 Å². The van der Waals surface area contributed by atoms with Gasteiger partial charge in [-0.2, -0.15) is 20.2 Å². The Morgan fingerprint density at radius 3 is 2.76 bits per heavy atom. The molecular weight excluding hydrogens is 284 g/mol. The number of aromatic nitrogens is 3. The smallest absolute Gasteiger partial charge is 0.230 e. The zero-order valence-electron chi connectivity index (χ0n) is 11.8. The van der Waals surface area contributed by atoms with Gasteiger partial charge in [0, 0.05) is 19.6 Å². The highest BCUT2D eigenvalue weighted by molar-refractivity contribution is 7.15. The monoisotopic (exact) mass is 300 g/mol. The molecule has 108 valence electrons. The average Bonchev–Trinajstić information content (AvgIpc) is 3.19. The summed E-state index contributed by atoms with van der Waals surface area (Å²) in [6.45, 7) is 4.75. The number of nitrogens with zero attached hydrogens (tertiary/aromatic N) is 5. The fraction of sp³-hybridized carbons (Fsp3) is 0.429. The van der Waals surface area contributed by atoms with Crippen LogP contribution in [0.4, 0.5) is 11.9 Å². The lowest BCUT2D eigenvalue weighted by Gasteiger charge is -2.16. The molecule has 0 radical (unpaired) electrons. The van der Waals surface area contributed by atoms with Crippen molar-refractivity contribution in [2.75, 3.05) is 29.9 Å². The van der Waals surface area contributed by atoms with Crippen molar-refractivity contribution >= 4 is 23.2 Å². The number of nitriles is 1. The van der Waals surface area contributed by atoms with Gasteiger partial charge in [0.05, 0.1) is 4.88 Å². The lowest BCUT2D eigenvalue weighted by molar-refractivity contribution is 0.882. The summed E-state index contributed by atoms with van der Waals surface area (Å²) in [4.78, 5) is 17.3. The van der Waals surface area contributed by atoms with Gasteiger partial charge in [-0.25, -0.2) is 0 Å². The standard InChI is InChI=1S/C14H16N6S/c1-2-16-13-17-12(11-6-5-10(9-15)21-11)18-14(19-13)20-7-3-4-8-20/h5-6H,2-4,7-8H2,1H3,(H,16,17,18,19). The molecule has 0 atom stereocenters. The van der Waals surface area contributed by atoms with Gasteiger partial charge >= 0.3 is 0 Å². The Morgan fingerprint density at radius 1 is 1.29 bits per heavy atom. The van der Waals surface area contributed by atoms with Crippen molar-refractivity contribution in [1.29, 1.82) is 5.26 Å². The van der Waals surface area contributed by atoms with Gasteiger partial charge in [-0.3, -0.25) is 0 Å². The Bertz CT molecular complexity index is 668. The van der Waals surface area contributed by atoms with Gasteiger partial charge < -0.3 is 10.2 Å². The van der Waals surface area contributed by atoms with Gasteiger partial charge in [0.15, 0.2) is 5.82 Å². The van der Waals surface area contributed by atoms with E-state index in [4.69, 9.17) is 5.26 Å². The van der Waals surface area contributed by atoms with E-state index in [-0.39, 0.29) is 0 Å². The minimum Gasteiger partial charge on any atom is -0.354 e. The van der Waals surface area contributed by atoms with Gasteiger partial charge in [0.2, 0.25) is 11.9 Å². The van der Waals surface area contributed by atoms with Crippen LogP contribution in [-0.4, -0.2) is 34.6 Å². The summed E-state index contributed by atoms with van der Waals surface area (Å²) < 4.78 is 0. The van der Waals surface area contributed by atoms with Crippen LogP contribution in [0.1, 0.15) is 24.6 Å². The van der Waals surface area contributed by atoms with Crippen LogP contribution >= 0.6 is 11.3 Å². The van der Waals surface area contributed by atoms with E-state index in [1.807, 2.05) is 13.0 Å². The van der Waals surface area contributed by atoms with Crippen LogP contribution in [0, 0.1) is 11.3 Å². The molecular formula is C14H16N6S. The van der Waals surface area contributed by atoms with Crippen molar-refractivity contribution in [2.45, 2.75) is 19.8 Å². The molecule has 1 saturated heterocycles. The van der Waals surface area contributed by atoms with Crippen molar-refractivity contribution < 1.29 is 0 Å². The predicted octanol–water partition coefficient (Wildman–Crippen LogP) is 2.50. The van der Waals surface area contributed by atoms with Crippen molar-refractivity contribution in [2.24, 2.45) is 0 Å². The molecule has 7 heteroatoms. The molecule has 0 aliphatic carbocycles. The third-order valence-corrected chi connectivity index (χ3v) is 4.27. The normalized spacial score (nSPS) is 14.2. The summed E-state index contributed by atoms with van der Waals surface area (Å²) in [6.07, 6.45) is 2.35. The minimum absolute atomic E-state index is 0.594. The van der Waals surface area contributed by atoms with E-state index in [1.54, 1.807) is 6.07 Å². The zero-order valence-corrected chi connectivity index (χ0v) is 12.7. The van der Waals surface area contributed by atoms with Crippen molar-refractivity contribution in [3.63, 3.8) is 0 Å². The highest BCUT2D eigenvalue weighted by Gasteiger charge is 2.18. The molecule has 21 heavy (non-hydrogen) atoms. The first-order valence-corrected chi connectivity index (χ1v) is 7.87. The number of hydrogen-bond acceptors (Lipinski definition) is 7. The lowest BCUT2D eigenvalue weighted by atomic mass is 10.4. The molecule has 6 nitrogen and oxygen atoms in total. The Morgan fingerprint density at radius 2 is 2.10 bits per heavy atom. The first kappa shape index (κ1) is 13.8. The molecule has 0 bridgehead atoms. The maximum absolute atomic E-state index is 8.95. The van der Waals surface area contributed by atoms with E-state index >= 15 is 0 Å². The predicted molar refractivity (Wildman–Crippen MR) is 83.5 cm³/mol. The highest BCUT2D eigenvalue weighted by Crippen LogP contribution is 2.27. The first-order chi connectivity index (χ1) is 10.3. The van der Waals surface area contributed by atoms with Crippen LogP contribution in [0.5, 0.6) is 0 Å². The van der Waals surface area contributed by atoms with E-state index in [0.29, 0.717) is 16.6 Å². The molecule has 3 heterocycles. The Kier molecular flexibility index (Phi) is 3.97. The van der Waals surface area contributed by atoms with E-state index in [1.165, 1.54) is 24.2 Å². The molecule has 0 unspecified atom stereocenters. The second kappa shape index (κ2) is 6.06. The third kappa shape index (κ3) is 2.95. The summed E-state index contributed by atoms with van der Waals surface area (Å²) in [6, 6.07) is 5.84. The third-order valence-electron chi connectivity index (χ3n) is 3.28. The van der Waals surface area contributed by atoms with Crippen molar-refractivity contribution in [1.82, 2.24) is 15.0 Å². The minimum atomic E-state index is 0.594. The summed E-state index contributed by atoms with van der Waals surface area (Å²) in [5.74, 6) is 1.95. The van der Waals surface area contributed by atoms with Crippen LogP contribution in [0.2, 0.25) is 0 Å². The second-order valence-corrected chi connectivity index (χ2v) is 5.87. The largest absolute Gasteiger partial charge is 0.354 e. The van der Waals surface area contributed by atoms with Gasteiger partial charge in [0.25, 0.3) is 0 Å². The molecule has 2 aromatic rings. The number of hydrogen-bond donors (Lipinski definition) is 1. The second-order valence-electron chi connectivity index (χ2n) is 4.78. The highest BCUT2D eigenvalue weighted by atomic mass is 32.1. The van der Waals surface area contributed by atoms with E-state index < -0.39 is 0 Å². The fourth-order valence-electron chi connectivity index (χ4n) is 2.29. The number of thiophene rings is 1. The molecule has 0 aromatic carbocycles. The van der Waals surface area contributed by atoms with Crippen LogP contribution in [0.25, 0.3) is 10.7 Å². The quantitative estimate of drug-likeness (QED) is 0.934. The van der Waals surface area contributed by atoms with E-state index in [2.05, 4.69) is 31.2 Å². The summed E-state index contributed by atoms with van der Waals surface area (Å²) >= 11 is 1.40. The molecule has 0 saturated carbocycles. The molecule has 1 N–H and O–H groups in total. The summed E-state index contributed by atoms with van der Waals surface area (Å²) in [7, 11) is 0. The molecule has 3 rings (SSSR count). The zero-order chi connectivity index (χ0) is 14.7. The van der Waals surface area contributed by atoms with Crippen LogP contribution in [0.3, 0.4) is 0 Å². The van der Waals surface area contributed by atoms with Gasteiger partial charge in [-0.05, 0) is 31.9 Å². The summed E-state index contributed by atoms with van der Waals surface area (Å²) in [5, 5.41) is 12.1. The SMILES string of the molecule is CCNc1nc(-c2ccc(C#N)s2)nc(N2CCCC2)n1. The number of nitrogens with one attached hydrogen (secondary N) is 1. The van der Waals surface area contributed by atoms with Gasteiger partial charge in [-0.1, -0.05) is 0 Å². The van der Waals surface area contributed by atoms with Gasteiger partial charge in [-0.15, -0.1) is 11.3 Å². The van der Waals surface area contributed by atoms with Crippen molar-refractivity contribution in [3.05, 3.63) is 17.0 Å². The Hall–Kier alpha value is -2.20. The van der Waals surface area contributed by atoms with E-state index in [9.17, 15) is 0 Å². The van der Waals surface area contributed by atoms with Crippen molar-refractivity contribution in [3.8, 4) is 16.8 Å². The summed E-state index contributed by atoms with van der Waals surface area (Å²) in [5.41, 5.74) is 0. The van der Waals surface area contributed by atoms with Crippen LogP contribution in [0.15, 0.2) is 12.1 Å². The molecule has 0 spiro atoms. The molecule has 1 aliphatic rings. The fourth-order valence-corrected chi connectivity index (χ4v) is 3.03. The average molecular weight is 300 g/mol. The first-order valence-electron chi connectivity index (χ1n) is 7.05. The van der Waals surface area contributed by atoms with Crippen LogP contribution < -0.4 is 10.2 Å². The maximum atomic E-state index is 8.95. The molecule has 1 fully saturated rings. The van der Waals surface area contributed by atoms with Crippen LogP contribution in [-0.2, 0) is 0 Å². The Labute approximate surface area is 127 Å². The maximum Gasteiger partial charge on any atom is 0.230 e. The van der Waals surface area contributed by atoms with Gasteiger partial charge in [0.1, 0.15) is 10.9 Å². The molecule has 0 amide bonds. The lowest BCUT2D eigenvalue weighted by Crippen LogP contribution is -2.21. The topological polar surface area (TPSA) is 77.7 Å². The number of rotatable bonds is 4. The molecule has 2 aromatic heterocycles.